The first kappa shape index (κ1) is 23.1. The number of hydrogen-bond donors (Lipinski definition) is 2. The maximum Gasteiger partial charge on any atom is 0.341 e. The third-order valence-electron chi connectivity index (χ3n) is 3.23. The molecule has 0 atom stereocenters. The Balaban J connectivity index is 0.000000296. The van der Waals surface area contributed by atoms with Crippen molar-refractivity contribution in [1.82, 2.24) is 0 Å². The van der Waals surface area contributed by atoms with E-state index >= 15 is 0 Å². The van der Waals surface area contributed by atoms with E-state index in [1.165, 1.54) is 0 Å². The largest absolute Gasteiger partial charge is 0.505 e. The number of benzene rings is 2. The van der Waals surface area contributed by atoms with E-state index in [1.54, 1.807) is 0 Å². The Hall–Kier alpha value is -3.90. The third-order valence-corrected chi connectivity index (χ3v) is 3.23. The first-order chi connectivity index (χ1) is 13.5. The van der Waals surface area contributed by atoms with Crippen molar-refractivity contribution in [2.45, 2.75) is 0 Å². The van der Waals surface area contributed by atoms with Crippen LogP contribution in [0.4, 0.5) is 23.2 Å². The van der Waals surface area contributed by atoms with Crippen molar-refractivity contribution in [2.75, 3.05) is 14.2 Å². The number of rotatable bonds is 3. The molecule has 0 radical (unpaired) electrons. The molecule has 0 unspecified atom stereocenters. The molecule has 0 aromatic heterocycles. The number of halogens is 4. The van der Waals surface area contributed by atoms with E-state index in [4.69, 9.17) is 10.2 Å². The van der Waals surface area contributed by atoms with Crippen LogP contribution < -0.4 is 0 Å². The van der Waals surface area contributed by atoms with Gasteiger partial charge in [0.25, 0.3) is 0 Å². The molecule has 0 spiro atoms. The summed E-state index contributed by atoms with van der Waals surface area (Å²) in [6.07, 6.45) is 0. The molecular weight excluding hydrogens is 410 g/mol. The average molecular weight is 421 g/mol. The minimum atomic E-state index is -1.87. The number of nitro benzene ring substituents is 1. The molecule has 0 saturated heterocycles. The molecule has 0 fully saturated rings. The zero-order valence-corrected chi connectivity index (χ0v) is 14.5. The first-order valence-corrected chi connectivity index (χ1v) is 7.16. The smallest absolute Gasteiger partial charge is 0.341 e. The van der Waals surface area contributed by atoms with E-state index in [-0.39, 0.29) is 0 Å². The molecule has 2 rings (SSSR count). The quantitative estimate of drug-likeness (QED) is 0.334. The van der Waals surface area contributed by atoms with Gasteiger partial charge in [0, 0.05) is 6.07 Å². The third kappa shape index (κ3) is 4.88. The van der Waals surface area contributed by atoms with Crippen LogP contribution in [0.2, 0.25) is 0 Å². The van der Waals surface area contributed by atoms with Gasteiger partial charge in [-0.1, -0.05) is 0 Å². The number of nitro groups is 1. The standard InChI is InChI=1S/C8H5F2NO5.C8H6F2O3/c1-16-8(13)3-2-4(11(14)15)7(12)6(10)5(3)9;1-13-8(12)4-2-3-5(11)7(10)6(4)9/h2,12H,1H3;2-3,11H,1H3. The second-order valence-corrected chi connectivity index (χ2v) is 4.92. The van der Waals surface area contributed by atoms with Crippen molar-refractivity contribution in [3.8, 4) is 11.5 Å². The van der Waals surface area contributed by atoms with Crippen LogP contribution in [0.5, 0.6) is 11.5 Å². The van der Waals surface area contributed by atoms with Gasteiger partial charge in [-0.2, -0.15) is 8.78 Å². The van der Waals surface area contributed by atoms with Gasteiger partial charge in [-0.3, -0.25) is 10.1 Å². The molecule has 0 aliphatic heterocycles. The number of aromatic hydroxyl groups is 2. The lowest BCUT2D eigenvalue weighted by atomic mass is 10.1. The molecule has 0 saturated carbocycles. The Kier molecular flexibility index (Phi) is 7.46. The lowest BCUT2D eigenvalue weighted by Gasteiger charge is -2.04. The number of nitrogens with zero attached hydrogens (tertiary/aromatic N) is 1. The summed E-state index contributed by atoms with van der Waals surface area (Å²) in [7, 11) is 1.95. The Bertz CT molecular complexity index is 980. The highest BCUT2D eigenvalue weighted by Crippen LogP contribution is 2.32. The van der Waals surface area contributed by atoms with Gasteiger partial charge in [0.15, 0.2) is 17.4 Å². The molecule has 29 heavy (non-hydrogen) atoms. The van der Waals surface area contributed by atoms with Gasteiger partial charge in [0.2, 0.25) is 17.4 Å². The number of esters is 2. The van der Waals surface area contributed by atoms with E-state index in [0.29, 0.717) is 6.07 Å². The average Bonchev–Trinajstić information content (AvgIpc) is 2.69. The number of methoxy groups -OCH3 is 2. The molecular formula is C16H11F4NO8. The molecule has 0 bridgehead atoms. The Morgan fingerprint density at radius 1 is 0.897 bits per heavy atom. The van der Waals surface area contributed by atoms with E-state index in [2.05, 4.69) is 9.47 Å². The summed E-state index contributed by atoms with van der Waals surface area (Å²) in [6.45, 7) is 0. The van der Waals surface area contributed by atoms with E-state index < -0.39 is 68.4 Å². The predicted octanol–water partition coefficient (Wildman–Crippen LogP) is 2.82. The fourth-order valence-electron chi connectivity index (χ4n) is 1.81. The van der Waals surface area contributed by atoms with Gasteiger partial charge in [-0.05, 0) is 12.1 Å². The van der Waals surface area contributed by atoms with Gasteiger partial charge in [0.1, 0.15) is 5.56 Å². The molecule has 2 N–H and O–H groups in total. The normalized spacial score (nSPS) is 9.86. The zero-order chi connectivity index (χ0) is 22.5. The van der Waals surface area contributed by atoms with Crippen molar-refractivity contribution in [1.29, 1.82) is 0 Å². The summed E-state index contributed by atoms with van der Waals surface area (Å²) in [4.78, 5) is 30.9. The number of carbonyl (C=O) groups excluding carboxylic acids is 2. The van der Waals surface area contributed by atoms with Crippen molar-refractivity contribution < 1.29 is 51.8 Å². The van der Waals surface area contributed by atoms with Crippen LogP contribution in [-0.2, 0) is 9.47 Å². The summed E-state index contributed by atoms with van der Waals surface area (Å²) in [5.74, 6) is -11.0. The van der Waals surface area contributed by atoms with Crippen LogP contribution in [0, 0.1) is 33.4 Å². The van der Waals surface area contributed by atoms with Gasteiger partial charge in [-0.15, -0.1) is 0 Å². The molecule has 2 aromatic carbocycles. The lowest BCUT2D eigenvalue weighted by Crippen LogP contribution is -2.07. The molecule has 0 heterocycles. The molecule has 0 aliphatic rings. The second-order valence-electron chi connectivity index (χ2n) is 4.92. The second kappa shape index (κ2) is 9.34. The fraction of sp³-hybridized carbons (Fsp3) is 0.125. The summed E-state index contributed by atoms with van der Waals surface area (Å²) in [6, 6.07) is 2.23. The van der Waals surface area contributed by atoms with Crippen molar-refractivity contribution in [3.63, 3.8) is 0 Å². The molecule has 0 aliphatic carbocycles. The maximum atomic E-state index is 13.1. The molecule has 0 amide bonds. The van der Waals surface area contributed by atoms with Gasteiger partial charge in [-0.25, -0.2) is 18.4 Å². The maximum absolute atomic E-state index is 13.1. The Morgan fingerprint density at radius 2 is 1.38 bits per heavy atom. The number of hydrogen-bond acceptors (Lipinski definition) is 8. The number of ether oxygens (including phenoxy) is 2. The van der Waals surface area contributed by atoms with Crippen LogP contribution >= 0.6 is 0 Å². The molecule has 13 heteroatoms. The Morgan fingerprint density at radius 3 is 1.86 bits per heavy atom. The van der Waals surface area contributed by atoms with Crippen LogP contribution in [-0.4, -0.2) is 41.3 Å². The van der Waals surface area contributed by atoms with Crippen molar-refractivity contribution in [2.24, 2.45) is 0 Å². The monoisotopic (exact) mass is 421 g/mol. The van der Waals surface area contributed by atoms with Crippen LogP contribution in [0.3, 0.4) is 0 Å². The van der Waals surface area contributed by atoms with Crippen molar-refractivity contribution in [3.05, 3.63) is 62.7 Å². The molecule has 156 valence electrons. The van der Waals surface area contributed by atoms with Gasteiger partial charge in [0.05, 0.1) is 24.7 Å². The van der Waals surface area contributed by atoms with Gasteiger partial charge < -0.3 is 19.7 Å². The molecule has 2 aromatic rings. The van der Waals surface area contributed by atoms with E-state index in [1.807, 2.05) is 0 Å². The predicted molar refractivity (Wildman–Crippen MR) is 85.4 cm³/mol. The fourth-order valence-corrected chi connectivity index (χ4v) is 1.81. The summed E-state index contributed by atoms with van der Waals surface area (Å²) < 4.78 is 59.9. The van der Waals surface area contributed by atoms with Gasteiger partial charge >= 0.3 is 17.6 Å². The lowest BCUT2D eigenvalue weighted by molar-refractivity contribution is -0.386. The first-order valence-electron chi connectivity index (χ1n) is 7.16. The topological polar surface area (TPSA) is 136 Å². The highest BCUT2D eigenvalue weighted by Gasteiger charge is 2.28. The van der Waals surface area contributed by atoms with Crippen molar-refractivity contribution >= 4 is 17.6 Å². The SMILES string of the molecule is COC(=O)c1cc([N+](=O)[O-])c(O)c(F)c1F.COC(=O)c1ccc(O)c(F)c1F. The number of carbonyl (C=O) groups is 2. The zero-order valence-electron chi connectivity index (χ0n) is 14.5. The highest BCUT2D eigenvalue weighted by atomic mass is 19.2. The number of phenolic OH excluding ortho intramolecular Hbond substituents is 2. The number of phenols is 2. The summed E-state index contributed by atoms with van der Waals surface area (Å²) in [5.41, 5.74) is -2.61. The Labute approximate surface area is 158 Å². The van der Waals surface area contributed by atoms with Crippen LogP contribution in [0.1, 0.15) is 20.7 Å². The van der Waals surface area contributed by atoms with Crippen LogP contribution in [0.15, 0.2) is 18.2 Å². The molecule has 9 nitrogen and oxygen atoms in total. The minimum absolute atomic E-state index is 0.402. The van der Waals surface area contributed by atoms with E-state index in [0.717, 1.165) is 26.4 Å². The highest BCUT2D eigenvalue weighted by molar-refractivity contribution is 5.91. The minimum Gasteiger partial charge on any atom is -0.505 e. The van der Waals surface area contributed by atoms with E-state index in [9.17, 15) is 37.3 Å². The summed E-state index contributed by atoms with van der Waals surface area (Å²) in [5, 5.41) is 28.0. The van der Waals surface area contributed by atoms with Crippen LogP contribution in [0.25, 0.3) is 0 Å². The summed E-state index contributed by atoms with van der Waals surface area (Å²) >= 11 is 0.